The Morgan fingerprint density at radius 2 is 1.74 bits per heavy atom. The smallest absolute Gasteiger partial charge is 0.314 e. The van der Waals surface area contributed by atoms with E-state index in [1.54, 1.807) is 26.1 Å². The van der Waals surface area contributed by atoms with Crippen molar-refractivity contribution in [2.24, 2.45) is 10.4 Å². The zero-order valence-corrected chi connectivity index (χ0v) is 25.9. The standard InChI is InChI=1S/C27H40N4O6SSi/c1-26(2,24(32)35-4)18-37-23-14-11-21(17-28-23)20-9-12-22(13-10-20)27(3)29-25(38(5,33)34)31(30-27)19-36-15-16-39(6,7)8/h9-14,17,30H,15-16,18-19H2,1-8H3. The van der Waals surface area contributed by atoms with Gasteiger partial charge in [-0.25, -0.2) is 18.4 Å². The molecule has 1 aromatic carbocycles. The lowest BCUT2D eigenvalue weighted by molar-refractivity contribution is -0.152. The third-order valence-corrected chi connectivity index (χ3v) is 8.97. The Bertz CT molecular complexity index is 1290. The van der Waals surface area contributed by atoms with Gasteiger partial charge in [-0.1, -0.05) is 43.9 Å². The fraction of sp³-hybridized carbons (Fsp3) is 0.519. The fourth-order valence-electron chi connectivity index (χ4n) is 3.83. The number of methoxy groups -OCH3 is 1. The number of nitrogens with zero attached hydrogens (tertiary/aromatic N) is 3. The minimum absolute atomic E-state index is 0.0442. The summed E-state index contributed by atoms with van der Waals surface area (Å²) in [5.74, 6) is 0.0557. The minimum Gasteiger partial charge on any atom is -0.476 e. The van der Waals surface area contributed by atoms with Crippen LogP contribution in [0.2, 0.25) is 25.7 Å². The van der Waals surface area contributed by atoms with E-state index in [1.165, 1.54) is 12.1 Å². The van der Waals surface area contributed by atoms with E-state index in [0.717, 1.165) is 29.0 Å². The number of sulfone groups is 1. The summed E-state index contributed by atoms with van der Waals surface area (Å²) in [5, 5.41) is 1.43. The molecule has 0 aliphatic carbocycles. The van der Waals surface area contributed by atoms with Gasteiger partial charge in [0.2, 0.25) is 20.9 Å². The highest BCUT2D eigenvalue weighted by Gasteiger charge is 2.40. The molecule has 1 N–H and O–H groups in total. The molecule has 0 radical (unpaired) electrons. The number of carbonyl (C=O) groups excluding carboxylic acids is 1. The van der Waals surface area contributed by atoms with Crippen molar-refractivity contribution in [2.45, 2.75) is 52.1 Å². The number of benzene rings is 1. The first-order valence-corrected chi connectivity index (χ1v) is 18.4. The molecule has 12 heteroatoms. The highest BCUT2D eigenvalue weighted by molar-refractivity contribution is 8.05. The Hall–Kier alpha value is -2.80. The molecule has 1 unspecified atom stereocenters. The molecule has 2 heterocycles. The van der Waals surface area contributed by atoms with Crippen molar-refractivity contribution in [1.29, 1.82) is 0 Å². The van der Waals surface area contributed by atoms with Crippen LogP contribution in [-0.4, -0.2) is 70.9 Å². The summed E-state index contributed by atoms with van der Waals surface area (Å²) in [6.45, 7) is 12.9. The van der Waals surface area contributed by atoms with Crippen molar-refractivity contribution in [3.05, 3.63) is 48.2 Å². The predicted molar refractivity (Wildman–Crippen MR) is 155 cm³/mol. The summed E-state index contributed by atoms with van der Waals surface area (Å²) < 4.78 is 41.2. The van der Waals surface area contributed by atoms with Crippen molar-refractivity contribution >= 4 is 29.0 Å². The minimum atomic E-state index is -3.58. The molecule has 39 heavy (non-hydrogen) atoms. The molecular formula is C27H40N4O6SSi. The zero-order chi connectivity index (χ0) is 29.1. The summed E-state index contributed by atoms with van der Waals surface area (Å²) in [7, 11) is -3.49. The molecule has 0 saturated carbocycles. The van der Waals surface area contributed by atoms with Crippen molar-refractivity contribution in [2.75, 3.05) is 33.3 Å². The van der Waals surface area contributed by atoms with Gasteiger partial charge in [-0.05, 0) is 44.0 Å². The number of pyridine rings is 1. The molecule has 1 aromatic heterocycles. The zero-order valence-electron chi connectivity index (χ0n) is 24.1. The van der Waals surface area contributed by atoms with Gasteiger partial charge in [0.15, 0.2) is 5.66 Å². The highest BCUT2D eigenvalue weighted by Crippen LogP contribution is 2.31. The van der Waals surface area contributed by atoms with Gasteiger partial charge in [-0.15, -0.1) is 0 Å². The van der Waals surface area contributed by atoms with Crippen LogP contribution >= 0.6 is 0 Å². The van der Waals surface area contributed by atoms with Gasteiger partial charge < -0.3 is 14.2 Å². The van der Waals surface area contributed by atoms with Gasteiger partial charge >= 0.3 is 5.97 Å². The molecule has 0 fully saturated rings. The lowest BCUT2D eigenvalue weighted by Gasteiger charge is -2.27. The van der Waals surface area contributed by atoms with E-state index in [1.807, 2.05) is 37.3 Å². The van der Waals surface area contributed by atoms with Gasteiger partial charge in [0.1, 0.15) is 13.3 Å². The number of amidine groups is 1. The lowest BCUT2D eigenvalue weighted by atomic mass is 9.95. The summed E-state index contributed by atoms with van der Waals surface area (Å²) >= 11 is 0. The second kappa shape index (κ2) is 11.7. The number of ether oxygens (including phenoxy) is 3. The molecule has 0 spiro atoms. The van der Waals surface area contributed by atoms with Crippen molar-refractivity contribution < 1.29 is 27.4 Å². The van der Waals surface area contributed by atoms with Gasteiger partial charge in [-0.2, -0.15) is 5.43 Å². The van der Waals surface area contributed by atoms with Crippen LogP contribution in [0.3, 0.4) is 0 Å². The van der Waals surface area contributed by atoms with E-state index in [9.17, 15) is 13.2 Å². The predicted octanol–water partition coefficient (Wildman–Crippen LogP) is 4.03. The number of nitrogens with one attached hydrogen (secondary N) is 1. The number of hydrogen-bond donors (Lipinski definition) is 1. The maximum Gasteiger partial charge on any atom is 0.314 e. The summed E-state index contributed by atoms with van der Waals surface area (Å²) in [6, 6.07) is 12.3. The number of aliphatic imine (C=N–C) groups is 1. The normalized spacial score (nSPS) is 18.2. The number of rotatable bonds is 11. The van der Waals surface area contributed by atoms with E-state index in [4.69, 9.17) is 14.2 Å². The number of hydrogen-bond acceptors (Lipinski definition) is 10. The maximum atomic E-state index is 12.5. The van der Waals surface area contributed by atoms with Crippen LogP contribution in [0.25, 0.3) is 11.1 Å². The van der Waals surface area contributed by atoms with E-state index >= 15 is 0 Å². The first-order chi connectivity index (χ1) is 18.0. The molecule has 3 rings (SSSR count). The fourth-order valence-corrected chi connectivity index (χ4v) is 5.44. The Morgan fingerprint density at radius 1 is 1.10 bits per heavy atom. The molecule has 1 aliphatic heterocycles. The van der Waals surface area contributed by atoms with Crippen LogP contribution < -0.4 is 10.2 Å². The van der Waals surface area contributed by atoms with E-state index in [0.29, 0.717) is 12.5 Å². The number of carbonyl (C=O) groups is 1. The summed E-state index contributed by atoms with van der Waals surface area (Å²) in [6.07, 6.45) is 2.85. The highest BCUT2D eigenvalue weighted by atomic mass is 32.2. The maximum absolute atomic E-state index is 12.5. The average molecular weight is 577 g/mol. The molecule has 214 valence electrons. The molecule has 10 nitrogen and oxygen atoms in total. The van der Waals surface area contributed by atoms with Gasteiger partial charge in [-0.3, -0.25) is 9.80 Å². The van der Waals surface area contributed by atoms with E-state index < -0.39 is 29.0 Å². The molecule has 0 bridgehead atoms. The number of hydrazine groups is 1. The number of aromatic nitrogens is 1. The van der Waals surface area contributed by atoms with E-state index in [2.05, 4.69) is 35.0 Å². The third-order valence-electron chi connectivity index (χ3n) is 6.29. The van der Waals surface area contributed by atoms with Crippen LogP contribution in [0.1, 0.15) is 26.3 Å². The molecular weight excluding hydrogens is 536 g/mol. The lowest BCUT2D eigenvalue weighted by Crippen LogP contribution is -2.47. The second-order valence-corrected chi connectivity index (χ2v) is 19.3. The molecule has 0 saturated heterocycles. The largest absolute Gasteiger partial charge is 0.476 e. The van der Waals surface area contributed by atoms with Crippen LogP contribution in [0.4, 0.5) is 0 Å². The Labute approximate surface area is 232 Å². The summed E-state index contributed by atoms with van der Waals surface area (Å²) in [4.78, 5) is 20.8. The molecule has 0 amide bonds. The van der Waals surface area contributed by atoms with Gasteiger partial charge in [0.25, 0.3) is 0 Å². The molecule has 2 aromatic rings. The Kier molecular flexibility index (Phi) is 9.26. The molecule has 1 aliphatic rings. The Balaban J connectivity index is 1.70. The van der Waals surface area contributed by atoms with Crippen molar-refractivity contribution in [1.82, 2.24) is 15.4 Å². The van der Waals surface area contributed by atoms with Crippen molar-refractivity contribution in [3.63, 3.8) is 0 Å². The SMILES string of the molecule is COC(=O)C(C)(C)COc1ccc(-c2ccc(C3(C)N=C(S(C)(=O)=O)N(COCC[Si](C)(C)C)N3)cc2)cn1. The Morgan fingerprint density at radius 3 is 2.28 bits per heavy atom. The quantitative estimate of drug-likeness (QED) is 0.240. The van der Waals surface area contributed by atoms with Gasteiger partial charge in [0, 0.05) is 38.8 Å². The van der Waals surface area contributed by atoms with Crippen LogP contribution in [0.5, 0.6) is 5.88 Å². The first kappa shape index (κ1) is 30.7. The monoisotopic (exact) mass is 576 g/mol. The van der Waals surface area contributed by atoms with E-state index in [-0.39, 0.29) is 24.5 Å². The van der Waals surface area contributed by atoms with Crippen LogP contribution in [0.15, 0.2) is 47.6 Å². The number of esters is 1. The molecule has 1 atom stereocenters. The van der Waals surface area contributed by atoms with Crippen LogP contribution in [0, 0.1) is 5.41 Å². The first-order valence-electron chi connectivity index (χ1n) is 12.8. The third kappa shape index (κ3) is 8.10. The second-order valence-electron chi connectivity index (χ2n) is 11.8. The topological polar surface area (TPSA) is 119 Å². The van der Waals surface area contributed by atoms with Crippen LogP contribution in [-0.2, 0) is 29.8 Å². The average Bonchev–Trinajstić information content (AvgIpc) is 3.23. The van der Waals surface area contributed by atoms with Gasteiger partial charge in [0.05, 0.1) is 12.5 Å². The van der Waals surface area contributed by atoms with Crippen molar-refractivity contribution in [3.8, 4) is 17.0 Å². The summed E-state index contributed by atoms with van der Waals surface area (Å²) in [5.41, 5.74) is 4.06.